The lowest BCUT2D eigenvalue weighted by atomic mass is 10.1. The van der Waals surface area contributed by atoms with E-state index in [9.17, 15) is 9.18 Å². The molecule has 0 aromatic heterocycles. The summed E-state index contributed by atoms with van der Waals surface area (Å²) in [7, 11) is 1.59. The second kappa shape index (κ2) is 9.24. The number of hydrogen-bond acceptors (Lipinski definition) is 3. The van der Waals surface area contributed by atoms with Gasteiger partial charge in [0, 0.05) is 11.4 Å². The van der Waals surface area contributed by atoms with Crippen molar-refractivity contribution in [3.8, 4) is 17.2 Å². The van der Waals surface area contributed by atoms with Gasteiger partial charge in [0.25, 0.3) is 0 Å². The lowest BCUT2D eigenvalue weighted by molar-refractivity contribution is -0.116. The first-order chi connectivity index (χ1) is 13.5. The fraction of sp³-hybridized carbons (Fsp3) is 0.136. The van der Waals surface area contributed by atoms with E-state index in [-0.39, 0.29) is 18.1 Å². The van der Waals surface area contributed by atoms with E-state index in [4.69, 9.17) is 21.1 Å². The number of hydrogen-bond donors (Lipinski definition) is 1. The first-order valence-electron chi connectivity index (χ1n) is 8.69. The molecule has 0 aliphatic rings. The van der Waals surface area contributed by atoms with Gasteiger partial charge in [0.2, 0.25) is 5.91 Å². The summed E-state index contributed by atoms with van der Waals surface area (Å²) in [5, 5.41) is 3.31. The molecule has 0 radical (unpaired) electrons. The van der Waals surface area contributed by atoms with E-state index in [0.29, 0.717) is 28.6 Å². The van der Waals surface area contributed by atoms with Crippen molar-refractivity contribution in [2.75, 3.05) is 12.4 Å². The van der Waals surface area contributed by atoms with Crippen molar-refractivity contribution in [1.82, 2.24) is 0 Å². The Morgan fingerprint density at radius 2 is 1.68 bits per heavy atom. The van der Waals surface area contributed by atoms with Crippen LogP contribution in [-0.4, -0.2) is 13.0 Å². The van der Waals surface area contributed by atoms with Gasteiger partial charge < -0.3 is 14.8 Å². The summed E-state index contributed by atoms with van der Waals surface area (Å²) < 4.78 is 24.0. The number of anilines is 1. The van der Waals surface area contributed by atoms with E-state index in [2.05, 4.69) is 5.32 Å². The van der Waals surface area contributed by atoms with Gasteiger partial charge in [-0.3, -0.25) is 4.79 Å². The van der Waals surface area contributed by atoms with Crippen LogP contribution in [0, 0.1) is 5.82 Å². The molecule has 0 heterocycles. The van der Waals surface area contributed by atoms with Gasteiger partial charge in [0.1, 0.15) is 17.3 Å². The third-order valence-electron chi connectivity index (χ3n) is 4.06. The minimum absolute atomic E-state index is 0.189. The van der Waals surface area contributed by atoms with E-state index >= 15 is 0 Å². The van der Waals surface area contributed by atoms with Crippen molar-refractivity contribution in [2.24, 2.45) is 0 Å². The Hall–Kier alpha value is -3.05. The molecule has 3 aromatic rings. The van der Waals surface area contributed by atoms with Crippen LogP contribution >= 0.6 is 11.6 Å². The lowest BCUT2D eigenvalue weighted by Crippen LogP contribution is -2.13. The molecule has 0 saturated heterocycles. The third-order valence-corrected chi connectivity index (χ3v) is 4.29. The minimum atomic E-state index is -0.299. The van der Waals surface area contributed by atoms with E-state index in [1.807, 2.05) is 0 Å². The number of ether oxygens (including phenoxy) is 2. The summed E-state index contributed by atoms with van der Waals surface area (Å²) in [5.41, 5.74) is 1.37. The minimum Gasteiger partial charge on any atom is -0.497 e. The molecule has 4 nitrogen and oxygen atoms in total. The molecule has 144 valence electrons. The molecule has 1 amide bonds. The highest BCUT2D eigenvalue weighted by molar-refractivity contribution is 6.31. The maximum atomic E-state index is 13.0. The molecule has 0 unspecified atom stereocenters. The number of aryl methyl sites for hydroxylation is 1. The smallest absolute Gasteiger partial charge is 0.224 e. The summed E-state index contributed by atoms with van der Waals surface area (Å²) in [6, 6.07) is 18.2. The zero-order valence-corrected chi connectivity index (χ0v) is 16.0. The number of carbonyl (C=O) groups is 1. The molecule has 0 atom stereocenters. The van der Waals surface area contributed by atoms with Gasteiger partial charge in [-0.25, -0.2) is 4.39 Å². The predicted molar refractivity (Wildman–Crippen MR) is 108 cm³/mol. The van der Waals surface area contributed by atoms with Gasteiger partial charge >= 0.3 is 0 Å². The Bertz CT molecular complexity index is 943. The van der Waals surface area contributed by atoms with Crippen LogP contribution in [-0.2, 0) is 11.2 Å². The highest BCUT2D eigenvalue weighted by Gasteiger charge is 2.11. The molecule has 1 N–H and O–H groups in total. The van der Waals surface area contributed by atoms with Crippen molar-refractivity contribution < 1.29 is 18.7 Å². The van der Waals surface area contributed by atoms with Gasteiger partial charge in [-0.05, 0) is 66.6 Å². The second-order valence-electron chi connectivity index (χ2n) is 6.09. The van der Waals surface area contributed by atoms with Crippen LogP contribution in [0.3, 0.4) is 0 Å². The number of benzene rings is 3. The quantitative estimate of drug-likeness (QED) is 0.542. The van der Waals surface area contributed by atoms with Gasteiger partial charge in [0.05, 0.1) is 12.8 Å². The summed E-state index contributed by atoms with van der Waals surface area (Å²) in [4.78, 5) is 12.4. The summed E-state index contributed by atoms with van der Waals surface area (Å²) in [5.74, 6) is 1.31. The molecule has 0 fully saturated rings. The van der Waals surface area contributed by atoms with Gasteiger partial charge in [-0.1, -0.05) is 23.7 Å². The van der Waals surface area contributed by atoms with Gasteiger partial charge in [0.15, 0.2) is 5.75 Å². The summed E-state index contributed by atoms with van der Waals surface area (Å²) in [6.07, 6.45) is 0.751. The van der Waals surface area contributed by atoms with E-state index < -0.39 is 0 Å². The molecule has 3 aromatic carbocycles. The molecular weight excluding hydrogens is 381 g/mol. The molecule has 0 saturated carbocycles. The van der Waals surface area contributed by atoms with Crippen LogP contribution in [0.2, 0.25) is 5.02 Å². The zero-order chi connectivity index (χ0) is 19.9. The highest BCUT2D eigenvalue weighted by atomic mass is 35.5. The second-order valence-corrected chi connectivity index (χ2v) is 6.53. The lowest BCUT2D eigenvalue weighted by Gasteiger charge is -2.13. The Morgan fingerprint density at radius 3 is 2.36 bits per heavy atom. The fourth-order valence-corrected chi connectivity index (χ4v) is 2.75. The standard InChI is InChI=1S/C22H19ClFNO3/c1-27-18-8-10-19(11-9-18)28-21-12-5-16(23)14-20(21)25-22(26)13-4-15-2-6-17(24)7-3-15/h2-3,5-12,14H,4,13H2,1H3,(H,25,26). The average molecular weight is 400 g/mol. The first-order valence-corrected chi connectivity index (χ1v) is 9.07. The maximum Gasteiger partial charge on any atom is 0.224 e. The normalized spacial score (nSPS) is 10.4. The number of halogens is 2. The van der Waals surface area contributed by atoms with Crippen LogP contribution in [0.1, 0.15) is 12.0 Å². The summed E-state index contributed by atoms with van der Waals surface area (Å²) >= 11 is 6.07. The molecular formula is C22H19ClFNO3. The largest absolute Gasteiger partial charge is 0.497 e. The Balaban J connectivity index is 1.67. The number of amides is 1. The first kappa shape index (κ1) is 19.7. The van der Waals surface area contributed by atoms with Crippen molar-refractivity contribution in [3.63, 3.8) is 0 Å². The van der Waals surface area contributed by atoms with Crippen LogP contribution in [0.25, 0.3) is 0 Å². The van der Waals surface area contributed by atoms with E-state index in [1.54, 1.807) is 61.7 Å². The van der Waals surface area contributed by atoms with Crippen LogP contribution in [0.15, 0.2) is 66.7 Å². The van der Waals surface area contributed by atoms with Crippen LogP contribution < -0.4 is 14.8 Å². The van der Waals surface area contributed by atoms with Crippen molar-refractivity contribution in [3.05, 3.63) is 83.1 Å². The maximum absolute atomic E-state index is 13.0. The Kier molecular flexibility index (Phi) is 6.50. The predicted octanol–water partition coefficient (Wildman–Crippen LogP) is 5.85. The molecule has 0 spiro atoms. The van der Waals surface area contributed by atoms with Crippen LogP contribution in [0.5, 0.6) is 17.2 Å². The zero-order valence-electron chi connectivity index (χ0n) is 15.2. The number of rotatable bonds is 7. The van der Waals surface area contributed by atoms with Gasteiger partial charge in [-0.2, -0.15) is 0 Å². The molecule has 0 aliphatic carbocycles. The Labute approximate surface area is 167 Å². The van der Waals surface area contributed by atoms with Crippen molar-refractivity contribution in [1.29, 1.82) is 0 Å². The molecule has 6 heteroatoms. The average Bonchev–Trinajstić information content (AvgIpc) is 2.70. The SMILES string of the molecule is COc1ccc(Oc2ccc(Cl)cc2NC(=O)CCc2ccc(F)cc2)cc1. The topological polar surface area (TPSA) is 47.6 Å². The molecule has 3 rings (SSSR count). The van der Waals surface area contributed by atoms with Gasteiger partial charge in [-0.15, -0.1) is 0 Å². The highest BCUT2D eigenvalue weighted by Crippen LogP contribution is 2.32. The third kappa shape index (κ3) is 5.47. The molecule has 0 aliphatic heterocycles. The van der Waals surface area contributed by atoms with E-state index in [1.165, 1.54) is 12.1 Å². The van der Waals surface area contributed by atoms with Crippen molar-refractivity contribution >= 4 is 23.2 Å². The number of carbonyl (C=O) groups excluding carboxylic acids is 1. The number of methoxy groups -OCH3 is 1. The summed E-state index contributed by atoms with van der Waals surface area (Å²) in [6.45, 7) is 0. The Morgan fingerprint density at radius 1 is 1.00 bits per heavy atom. The van der Waals surface area contributed by atoms with E-state index in [0.717, 1.165) is 11.3 Å². The molecule has 28 heavy (non-hydrogen) atoms. The fourth-order valence-electron chi connectivity index (χ4n) is 2.58. The van der Waals surface area contributed by atoms with Crippen LogP contribution in [0.4, 0.5) is 10.1 Å². The molecule has 0 bridgehead atoms. The van der Waals surface area contributed by atoms with Crippen molar-refractivity contribution in [2.45, 2.75) is 12.8 Å². The monoisotopic (exact) mass is 399 g/mol. The number of nitrogens with one attached hydrogen (secondary N) is 1.